The zero-order valence-corrected chi connectivity index (χ0v) is 10.6. The van der Waals surface area contributed by atoms with Crippen LogP contribution in [-0.2, 0) is 21.4 Å². The Morgan fingerprint density at radius 3 is 2.94 bits per heavy atom. The molecule has 98 valence electrons. The van der Waals surface area contributed by atoms with Gasteiger partial charge in [0.05, 0.1) is 12.8 Å². The summed E-state index contributed by atoms with van der Waals surface area (Å²) in [6.45, 7) is 1.84. The normalized spacial score (nSPS) is 13.8. The maximum atomic E-state index is 11.9. The number of aromatic amines is 1. The highest BCUT2D eigenvalue weighted by atomic mass is 32.2. The molecule has 0 saturated carbocycles. The molecule has 0 aliphatic carbocycles. The first kappa shape index (κ1) is 14.1. The summed E-state index contributed by atoms with van der Waals surface area (Å²) in [5.41, 5.74) is 0.247. The van der Waals surface area contributed by atoms with E-state index in [-0.39, 0.29) is 23.2 Å². The van der Waals surface area contributed by atoms with E-state index in [0.717, 1.165) is 0 Å². The van der Waals surface area contributed by atoms with Gasteiger partial charge in [-0.05, 0) is 13.3 Å². The Bertz CT molecular complexity index is 443. The van der Waals surface area contributed by atoms with Crippen LogP contribution in [0.2, 0.25) is 0 Å². The number of ether oxygens (including phenoxy) is 1. The number of aliphatic hydroxyl groups is 1. The molecular formula is C9H17N3O4S. The van der Waals surface area contributed by atoms with E-state index in [9.17, 15) is 8.42 Å². The number of methoxy groups -OCH3 is 1. The van der Waals surface area contributed by atoms with Gasteiger partial charge < -0.3 is 9.84 Å². The third-order valence-corrected chi connectivity index (χ3v) is 3.83. The van der Waals surface area contributed by atoms with Crippen LogP contribution in [-0.4, -0.2) is 43.5 Å². The molecule has 0 aliphatic rings. The lowest BCUT2D eigenvalue weighted by molar-refractivity contribution is 0.188. The number of aliphatic hydroxyl groups excluding tert-OH is 1. The standard InChI is InChI=1S/C9H17N3O4S/c1-7(3-4-16-2)12-17(14,15)9-8(6-13)5-10-11-9/h5,7,12-13H,3-4,6H2,1-2H3,(H,10,11). The van der Waals surface area contributed by atoms with Gasteiger partial charge >= 0.3 is 0 Å². The van der Waals surface area contributed by atoms with Crippen LogP contribution < -0.4 is 4.72 Å². The maximum absolute atomic E-state index is 11.9. The smallest absolute Gasteiger partial charge is 0.258 e. The van der Waals surface area contributed by atoms with E-state index in [1.165, 1.54) is 6.20 Å². The first-order valence-corrected chi connectivity index (χ1v) is 6.64. The summed E-state index contributed by atoms with van der Waals surface area (Å²) in [4.78, 5) is 0. The van der Waals surface area contributed by atoms with Crippen LogP contribution >= 0.6 is 0 Å². The van der Waals surface area contributed by atoms with Crippen molar-refractivity contribution in [1.29, 1.82) is 0 Å². The van der Waals surface area contributed by atoms with E-state index in [4.69, 9.17) is 9.84 Å². The fourth-order valence-electron chi connectivity index (χ4n) is 1.32. The van der Waals surface area contributed by atoms with E-state index in [1.54, 1.807) is 14.0 Å². The summed E-state index contributed by atoms with van der Waals surface area (Å²) in [7, 11) is -2.12. The van der Waals surface area contributed by atoms with Crippen molar-refractivity contribution in [3.8, 4) is 0 Å². The van der Waals surface area contributed by atoms with Crippen molar-refractivity contribution in [3.63, 3.8) is 0 Å². The van der Waals surface area contributed by atoms with Gasteiger partial charge in [0.1, 0.15) is 0 Å². The van der Waals surface area contributed by atoms with E-state index in [1.807, 2.05) is 0 Å². The van der Waals surface area contributed by atoms with Gasteiger partial charge in [0.15, 0.2) is 5.03 Å². The van der Waals surface area contributed by atoms with Crippen LogP contribution in [0.15, 0.2) is 11.2 Å². The van der Waals surface area contributed by atoms with Crippen molar-refractivity contribution in [3.05, 3.63) is 11.8 Å². The van der Waals surface area contributed by atoms with Crippen molar-refractivity contribution in [2.75, 3.05) is 13.7 Å². The minimum atomic E-state index is -3.67. The van der Waals surface area contributed by atoms with Gasteiger partial charge in [0.2, 0.25) is 0 Å². The Morgan fingerprint density at radius 1 is 1.65 bits per heavy atom. The second-order valence-corrected chi connectivity index (χ2v) is 5.34. The lowest BCUT2D eigenvalue weighted by atomic mass is 10.3. The molecule has 0 aliphatic heterocycles. The molecule has 0 amide bonds. The van der Waals surface area contributed by atoms with Crippen LogP contribution in [0.5, 0.6) is 0 Å². The first-order chi connectivity index (χ1) is 8.01. The zero-order chi connectivity index (χ0) is 12.9. The summed E-state index contributed by atoms with van der Waals surface area (Å²) in [5, 5.41) is 14.8. The number of hydrogen-bond donors (Lipinski definition) is 3. The number of rotatable bonds is 7. The molecule has 17 heavy (non-hydrogen) atoms. The SMILES string of the molecule is COCCC(C)NS(=O)(=O)c1[nH]ncc1CO. The first-order valence-electron chi connectivity index (χ1n) is 5.15. The largest absolute Gasteiger partial charge is 0.392 e. The summed E-state index contributed by atoms with van der Waals surface area (Å²) in [5.74, 6) is 0. The predicted molar refractivity (Wildman–Crippen MR) is 60.8 cm³/mol. The molecule has 7 nitrogen and oxygen atoms in total. The molecule has 1 unspecified atom stereocenters. The molecule has 0 spiro atoms. The van der Waals surface area contributed by atoms with Crippen molar-refractivity contribution >= 4 is 10.0 Å². The van der Waals surface area contributed by atoms with Crippen molar-refractivity contribution in [2.24, 2.45) is 0 Å². The van der Waals surface area contributed by atoms with Crippen LogP contribution in [0, 0.1) is 0 Å². The fourth-order valence-corrected chi connectivity index (χ4v) is 2.72. The monoisotopic (exact) mass is 263 g/mol. The topological polar surface area (TPSA) is 104 Å². The van der Waals surface area contributed by atoms with Crippen LogP contribution in [0.25, 0.3) is 0 Å². The molecule has 1 rings (SSSR count). The van der Waals surface area contributed by atoms with E-state index < -0.39 is 10.0 Å². The zero-order valence-electron chi connectivity index (χ0n) is 9.80. The van der Waals surface area contributed by atoms with Gasteiger partial charge in [-0.2, -0.15) is 5.10 Å². The van der Waals surface area contributed by atoms with Crippen molar-refractivity contribution in [2.45, 2.75) is 31.0 Å². The molecule has 8 heteroatoms. The lowest BCUT2D eigenvalue weighted by Gasteiger charge is -2.13. The number of H-pyrrole nitrogens is 1. The number of nitrogens with zero attached hydrogens (tertiary/aromatic N) is 1. The summed E-state index contributed by atoms with van der Waals surface area (Å²) >= 11 is 0. The minimum Gasteiger partial charge on any atom is -0.392 e. The Labute approximate surface area is 100 Å². The molecule has 0 radical (unpaired) electrons. The highest BCUT2D eigenvalue weighted by molar-refractivity contribution is 7.89. The van der Waals surface area contributed by atoms with Crippen LogP contribution in [0.4, 0.5) is 0 Å². The molecule has 0 saturated heterocycles. The summed E-state index contributed by atoms with van der Waals surface area (Å²) < 4.78 is 31.2. The highest BCUT2D eigenvalue weighted by Gasteiger charge is 2.22. The third-order valence-electron chi connectivity index (χ3n) is 2.23. The van der Waals surface area contributed by atoms with Gasteiger partial charge in [-0.25, -0.2) is 13.1 Å². The Kier molecular flexibility index (Phi) is 5.06. The van der Waals surface area contributed by atoms with Crippen LogP contribution in [0.3, 0.4) is 0 Å². The average molecular weight is 263 g/mol. The molecule has 0 aromatic carbocycles. The van der Waals surface area contributed by atoms with Gasteiger partial charge in [-0.3, -0.25) is 5.10 Å². The van der Waals surface area contributed by atoms with Gasteiger partial charge in [-0.1, -0.05) is 0 Å². The Hall–Kier alpha value is -0.960. The van der Waals surface area contributed by atoms with E-state index in [2.05, 4.69) is 14.9 Å². The predicted octanol–water partition coefficient (Wildman–Crippen LogP) is -0.395. The number of hydrogen-bond acceptors (Lipinski definition) is 5. The summed E-state index contributed by atoms with van der Waals surface area (Å²) in [6, 6.07) is -0.255. The maximum Gasteiger partial charge on any atom is 0.258 e. The molecule has 1 atom stereocenters. The van der Waals surface area contributed by atoms with Gasteiger partial charge in [0, 0.05) is 25.3 Å². The second kappa shape index (κ2) is 6.10. The molecule has 1 heterocycles. The quantitative estimate of drug-likeness (QED) is 0.621. The van der Waals surface area contributed by atoms with Gasteiger partial charge in [-0.15, -0.1) is 0 Å². The average Bonchev–Trinajstić information content (AvgIpc) is 2.74. The molecule has 0 bridgehead atoms. The lowest BCUT2D eigenvalue weighted by Crippen LogP contribution is -2.34. The Balaban J connectivity index is 2.75. The molecular weight excluding hydrogens is 246 g/mol. The molecule has 1 aromatic heterocycles. The third kappa shape index (κ3) is 3.77. The van der Waals surface area contributed by atoms with Crippen molar-refractivity contribution < 1.29 is 18.3 Å². The Morgan fingerprint density at radius 2 is 2.35 bits per heavy atom. The molecule has 3 N–H and O–H groups in total. The summed E-state index contributed by atoms with van der Waals surface area (Å²) in [6.07, 6.45) is 1.85. The molecule has 1 aromatic rings. The minimum absolute atomic E-state index is 0.0933. The van der Waals surface area contributed by atoms with Crippen LogP contribution in [0.1, 0.15) is 18.9 Å². The van der Waals surface area contributed by atoms with Gasteiger partial charge in [0.25, 0.3) is 10.0 Å². The second-order valence-electron chi connectivity index (χ2n) is 3.69. The number of aromatic nitrogens is 2. The van der Waals surface area contributed by atoms with E-state index in [0.29, 0.717) is 13.0 Å². The van der Waals surface area contributed by atoms with Crippen molar-refractivity contribution in [1.82, 2.24) is 14.9 Å². The highest BCUT2D eigenvalue weighted by Crippen LogP contribution is 2.12. The fraction of sp³-hybridized carbons (Fsp3) is 0.667. The van der Waals surface area contributed by atoms with E-state index >= 15 is 0 Å². The number of nitrogens with one attached hydrogen (secondary N) is 2. The molecule has 0 fully saturated rings. The number of sulfonamides is 1.